The minimum Gasteiger partial charge on any atom is -0.381 e. The summed E-state index contributed by atoms with van der Waals surface area (Å²) in [4.78, 5) is 0. The number of hydrogen-bond donors (Lipinski definition) is 1. The van der Waals surface area contributed by atoms with E-state index in [0.29, 0.717) is 25.7 Å². The van der Waals surface area contributed by atoms with Crippen LogP contribution >= 0.6 is 12.6 Å². The zero-order chi connectivity index (χ0) is 9.36. The number of hydrogen-bond acceptors (Lipinski definition) is 4. The van der Waals surface area contributed by atoms with Crippen LogP contribution in [0.1, 0.15) is 6.42 Å². The molecule has 0 saturated carbocycles. The van der Waals surface area contributed by atoms with E-state index < -0.39 is 0 Å². The molecule has 1 rings (SSSR count). The number of ether oxygens (including phenoxy) is 3. The van der Waals surface area contributed by atoms with Gasteiger partial charge in [0.2, 0.25) is 0 Å². The summed E-state index contributed by atoms with van der Waals surface area (Å²) in [6.45, 7) is 4.63. The molecule has 0 aromatic heterocycles. The van der Waals surface area contributed by atoms with Gasteiger partial charge in [0.25, 0.3) is 0 Å². The molecule has 1 fully saturated rings. The van der Waals surface area contributed by atoms with E-state index in [-0.39, 0.29) is 0 Å². The molecule has 4 heteroatoms. The minimum absolute atomic E-state index is 0.602. The molecule has 1 aliphatic heterocycles. The van der Waals surface area contributed by atoms with Gasteiger partial charge in [0, 0.05) is 18.3 Å². The molecule has 13 heavy (non-hydrogen) atoms. The highest BCUT2D eigenvalue weighted by molar-refractivity contribution is 7.80. The Kier molecular flexibility index (Phi) is 6.62. The first-order valence-corrected chi connectivity index (χ1v) is 5.41. The first-order valence-electron chi connectivity index (χ1n) is 4.77. The van der Waals surface area contributed by atoms with E-state index in [9.17, 15) is 0 Å². The Hall–Kier alpha value is 0.230. The Bertz CT molecular complexity index is 115. The van der Waals surface area contributed by atoms with Crippen molar-refractivity contribution < 1.29 is 14.2 Å². The van der Waals surface area contributed by atoms with Crippen molar-refractivity contribution in [3.63, 3.8) is 0 Å². The summed E-state index contributed by atoms with van der Waals surface area (Å²) in [5.74, 6) is 1.38. The molecular formula is C9H18O3S. The highest BCUT2D eigenvalue weighted by Gasteiger charge is 2.14. The molecule has 1 aliphatic rings. The summed E-state index contributed by atoms with van der Waals surface area (Å²) in [6.07, 6.45) is 1.14. The van der Waals surface area contributed by atoms with Gasteiger partial charge in [-0.05, 0) is 6.42 Å². The molecule has 0 radical (unpaired) electrons. The van der Waals surface area contributed by atoms with Crippen LogP contribution in [0.15, 0.2) is 0 Å². The maximum absolute atomic E-state index is 5.43. The summed E-state index contributed by atoms with van der Waals surface area (Å²) in [5, 5.41) is 0. The molecule has 78 valence electrons. The fourth-order valence-corrected chi connectivity index (χ4v) is 1.38. The third-order valence-corrected chi connectivity index (χ3v) is 2.17. The third kappa shape index (κ3) is 5.52. The van der Waals surface area contributed by atoms with Crippen molar-refractivity contribution in [3.8, 4) is 0 Å². The van der Waals surface area contributed by atoms with Crippen LogP contribution in [0.5, 0.6) is 0 Å². The molecule has 0 spiro atoms. The average Bonchev–Trinajstić information content (AvgIpc) is 2.63. The monoisotopic (exact) mass is 206 g/mol. The van der Waals surface area contributed by atoms with Gasteiger partial charge < -0.3 is 14.2 Å². The van der Waals surface area contributed by atoms with Crippen molar-refractivity contribution in [2.75, 3.05) is 45.4 Å². The van der Waals surface area contributed by atoms with Gasteiger partial charge >= 0.3 is 0 Å². The van der Waals surface area contributed by atoms with E-state index in [1.807, 2.05) is 0 Å². The molecule has 0 N–H and O–H groups in total. The minimum atomic E-state index is 0.602. The van der Waals surface area contributed by atoms with E-state index in [2.05, 4.69) is 12.6 Å². The van der Waals surface area contributed by atoms with Gasteiger partial charge in [0.1, 0.15) is 0 Å². The van der Waals surface area contributed by atoms with E-state index in [0.717, 1.165) is 32.0 Å². The summed E-state index contributed by atoms with van der Waals surface area (Å²) in [5.41, 5.74) is 0. The van der Waals surface area contributed by atoms with Crippen LogP contribution in [0.4, 0.5) is 0 Å². The van der Waals surface area contributed by atoms with Gasteiger partial charge in [-0.25, -0.2) is 0 Å². The van der Waals surface area contributed by atoms with Crippen molar-refractivity contribution in [1.29, 1.82) is 0 Å². The highest BCUT2D eigenvalue weighted by Crippen LogP contribution is 2.11. The van der Waals surface area contributed by atoms with Crippen LogP contribution in [0.2, 0.25) is 0 Å². The fraction of sp³-hybridized carbons (Fsp3) is 1.00. The van der Waals surface area contributed by atoms with Crippen molar-refractivity contribution >= 4 is 12.6 Å². The summed E-state index contributed by atoms with van der Waals surface area (Å²) >= 11 is 4.03. The van der Waals surface area contributed by atoms with E-state index >= 15 is 0 Å². The maximum Gasteiger partial charge on any atom is 0.0700 e. The molecule has 3 nitrogen and oxygen atoms in total. The molecule has 0 bridgehead atoms. The Morgan fingerprint density at radius 2 is 2.08 bits per heavy atom. The summed E-state index contributed by atoms with van der Waals surface area (Å²) in [7, 11) is 0. The quantitative estimate of drug-likeness (QED) is 0.497. The van der Waals surface area contributed by atoms with Crippen molar-refractivity contribution in [3.05, 3.63) is 0 Å². The second kappa shape index (κ2) is 7.62. The lowest BCUT2D eigenvalue weighted by Gasteiger charge is -2.08. The fourth-order valence-electron chi connectivity index (χ4n) is 1.25. The molecule has 0 amide bonds. The lowest BCUT2D eigenvalue weighted by atomic mass is 10.1. The molecule has 0 aromatic carbocycles. The van der Waals surface area contributed by atoms with Crippen LogP contribution in [0.25, 0.3) is 0 Å². The van der Waals surface area contributed by atoms with E-state index in [1.54, 1.807) is 0 Å². The van der Waals surface area contributed by atoms with Gasteiger partial charge in [-0.3, -0.25) is 0 Å². The maximum atomic E-state index is 5.43. The second-order valence-corrected chi connectivity index (χ2v) is 3.59. The molecule has 1 unspecified atom stereocenters. The van der Waals surface area contributed by atoms with Crippen LogP contribution in [-0.2, 0) is 14.2 Å². The van der Waals surface area contributed by atoms with Crippen LogP contribution < -0.4 is 0 Å². The SMILES string of the molecule is SCCOCCOCC1CCOC1. The normalized spacial score (nSPS) is 22.4. The first-order chi connectivity index (χ1) is 6.43. The number of thiol groups is 1. The van der Waals surface area contributed by atoms with E-state index in [1.165, 1.54) is 0 Å². The van der Waals surface area contributed by atoms with Gasteiger partial charge in [0.05, 0.1) is 33.0 Å². The predicted molar refractivity (Wildman–Crippen MR) is 54.4 cm³/mol. The Morgan fingerprint density at radius 3 is 2.77 bits per heavy atom. The Morgan fingerprint density at radius 1 is 1.23 bits per heavy atom. The van der Waals surface area contributed by atoms with Gasteiger partial charge in [-0.15, -0.1) is 0 Å². The molecule has 1 atom stereocenters. The first kappa shape index (κ1) is 11.3. The highest BCUT2D eigenvalue weighted by atomic mass is 32.1. The molecule has 0 aromatic rings. The largest absolute Gasteiger partial charge is 0.381 e. The van der Waals surface area contributed by atoms with Gasteiger partial charge in [-0.1, -0.05) is 0 Å². The molecular weight excluding hydrogens is 188 g/mol. The smallest absolute Gasteiger partial charge is 0.0700 e. The topological polar surface area (TPSA) is 27.7 Å². The van der Waals surface area contributed by atoms with Crippen molar-refractivity contribution in [2.24, 2.45) is 5.92 Å². The summed E-state index contributed by atoms with van der Waals surface area (Å²) < 4.78 is 15.9. The summed E-state index contributed by atoms with van der Waals surface area (Å²) in [6, 6.07) is 0. The Labute approximate surface area is 85.1 Å². The molecule has 1 heterocycles. The third-order valence-electron chi connectivity index (χ3n) is 1.99. The Balaban J connectivity index is 1.78. The van der Waals surface area contributed by atoms with Crippen LogP contribution in [-0.4, -0.2) is 45.4 Å². The molecule has 0 aliphatic carbocycles. The lowest BCUT2D eigenvalue weighted by molar-refractivity contribution is 0.0360. The van der Waals surface area contributed by atoms with Gasteiger partial charge in [0.15, 0.2) is 0 Å². The van der Waals surface area contributed by atoms with Crippen LogP contribution in [0, 0.1) is 5.92 Å². The van der Waals surface area contributed by atoms with Crippen molar-refractivity contribution in [2.45, 2.75) is 6.42 Å². The predicted octanol–water partition coefficient (Wildman–Crippen LogP) is 0.986. The zero-order valence-electron chi connectivity index (χ0n) is 7.91. The van der Waals surface area contributed by atoms with E-state index in [4.69, 9.17) is 14.2 Å². The zero-order valence-corrected chi connectivity index (χ0v) is 8.80. The number of rotatable bonds is 7. The average molecular weight is 206 g/mol. The molecule has 1 saturated heterocycles. The standard InChI is InChI=1S/C9H18O3S/c13-6-5-10-3-4-12-8-9-1-2-11-7-9/h9,13H,1-8H2. The second-order valence-electron chi connectivity index (χ2n) is 3.14. The van der Waals surface area contributed by atoms with Gasteiger partial charge in [-0.2, -0.15) is 12.6 Å². The lowest BCUT2D eigenvalue weighted by Crippen LogP contribution is -2.13. The van der Waals surface area contributed by atoms with Crippen molar-refractivity contribution in [1.82, 2.24) is 0 Å². The van der Waals surface area contributed by atoms with Crippen LogP contribution in [0.3, 0.4) is 0 Å².